The number of hydrogen-bond donors (Lipinski definition) is 0. The highest BCUT2D eigenvalue weighted by molar-refractivity contribution is 6.29. The van der Waals surface area contributed by atoms with Crippen LogP contribution in [0.5, 0.6) is 0 Å². The summed E-state index contributed by atoms with van der Waals surface area (Å²) in [5.74, 6) is 2.31. The fourth-order valence-electron chi connectivity index (χ4n) is 3.10. The van der Waals surface area contributed by atoms with Gasteiger partial charge in [0.1, 0.15) is 11.2 Å². The lowest BCUT2D eigenvalue weighted by atomic mass is 10.0. The SMILES string of the molecule is C#Cc1ccc(C(=O)N2CCN(c3nc4nc(Cl)ccc4o3)CC2)cc1C#N. The molecule has 7 nitrogen and oxygen atoms in total. The molecule has 1 amide bonds. The maximum absolute atomic E-state index is 12.8. The molecule has 0 spiro atoms. The van der Waals surface area contributed by atoms with Gasteiger partial charge in [-0.15, -0.1) is 6.42 Å². The number of amides is 1. The lowest BCUT2D eigenvalue weighted by Gasteiger charge is -2.33. The van der Waals surface area contributed by atoms with Crippen LogP contribution in [0.2, 0.25) is 5.15 Å². The van der Waals surface area contributed by atoms with E-state index in [0.29, 0.717) is 65.3 Å². The van der Waals surface area contributed by atoms with Crippen molar-refractivity contribution in [3.63, 3.8) is 0 Å². The molecule has 3 aromatic rings. The summed E-state index contributed by atoms with van der Waals surface area (Å²) >= 11 is 5.88. The molecule has 1 aliphatic heterocycles. The van der Waals surface area contributed by atoms with Gasteiger partial charge < -0.3 is 14.2 Å². The number of piperazine rings is 1. The number of fused-ring (bicyclic) bond motifs is 1. The van der Waals surface area contributed by atoms with Crippen molar-refractivity contribution in [3.8, 4) is 18.4 Å². The molecule has 2 aromatic heterocycles. The van der Waals surface area contributed by atoms with Crippen LogP contribution in [0.3, 0.4) is 0 Å². The number of carbonyl (C=O) groups excluding carboxylic acids is 1. The van der Waals surface area contributed by atoms with E-state index < -0.39 is 0 Å². The molecule has 1 aliphatic rings. The van der Waals surface area contributed by atoms with Gasteiger partial charge in [0.15, 0.2) is 5.58 Å². The summed E-state index contributed by atoms with van der Waals surface area (Å²) in [6, 6.07) is 10.7. The van der Waals surface area contributed by atoms with Crippen LogP contribution in [0.4, 0.5) is 6.01 Å². The highest BCUT2D eigenvalue weighted by atomic mass is 35.5. The summed E-state index contributed by atoms with van der Waals surface area (Å²) in [5, 5.41) is 9.55. The number of benzene rings is 1. The minimum atomic E-state index is -0.134. The van der Waals surface area contributed by atoms with Gasteiger partial charge in [-0.3, -0.25) is 4.79 Å². The quantitative estimate of drug-likeness (QED) is 0.493. The van der Waals surface area contributed by atoms with Crippen molar-refractivity contribution < 1.29 is 9.21 Å². The minimum Gasteiger partial charge on any atom is -0.422 e. The molecule has 0 bridgehead atoms. The second-order valence-electron chi connectivity index (χ2n) is 6.25. The third-order valence-electron chi connectivity index (χ3n) is 4.59. The normalized spacial score (nSPS) is 14.0. The molecular formula is C20H14ClN5O2. The molecule has 3 heterocycles. The van der Waals surface area contributed by atoms with Crippen molar-refractivity contribution >= 4 is 34.8 Å². The zero-order chi connectivity index (χ0) is 19.7. The maximum atomic E-state index is 12.8. The summed E-state index contributed by atoms with van der Waals surface area (Å²) in [6.07, 6.45) is 5.37. The summed E-state index contributed by atoms with van der Waals surface area (Å²) in [4.78, 5) is 25.0. The number of pyridine rings is 1. The highest BCUT2D eigenvalue weighted by Gasteiger charge is 2.25. The standard InChI is InChI=1S/C20H14ClN5O2/c1-2-13-3-4-14(11-15(13)12-22)19(27)25-7-9-26(10-8-25)20-24-18-16(28-20)5-6-17(21)23-18/h1,3-6,11H,7-10H2. The van der Waals surface area contributed by atoms with Crippen LogP contribution in [0.25, 0.3) is 11.2 Å². The topological polar surface area (TPSA) is 86.3 Å². The zero-order valence-corrected chi connectivity index (χ0v) is 15.5. The predicted octanol–water partition coefficient (Wildman–Crippen LogP) is 2.69. The van der Waals surface area contributed by atoms with Crippen molar-refractivity contribution in [1.82, 2.24) is 14.9 Å². The van der Waals surface area contributed by atoms with Crippen LogP contribution >= 0.6 is 11.6 Å². The van der Waals surface area contributed by atoms with Crippen LogP contribution in [0.15, 0.2) is 34.7 Å². The Bertz CT molecular complexity index is 1150. The minimum absolute atomic E-state index is 0.134. The van der Waals surface area contributed by atoms with Gasteiger partial charge in [0, 0.05) is 37.3 Å². The number of nitrogens with zero attached hydrogens (tertiary/aromatic N) is 5. The van der Waals surface area contributed by atoms with E-state index in [1.54, 1.807) is 35.2 Å². The first-order chi connectivity index (χ1) is 13.6. The van der Waals surface area contributed by atoms with Gasteiger partial charge in [-0.25, -0.2) is 4.98 Å². The number of carbonyl (C=O) groups is 1. The van der Waals surface area contributed by atoms with E-state index in [2.05, 4.69) is 15.9 Å². The molecule has 1 fully saturated rings. The number of terminal acetylenes is 1. The molecule has 0 aliphatic carbocycles. The highest BCUT2D eigenvalue weighted by Crippen LogP contribution is 2.23. The van der Waals surface area contributed by atoms with Gasteiger partial charge in [0.25, 0.3) is 11.9 Å². The molecule has 28 heavy (non-hydrogen) atoms. The average Bonchev–Trinajstić information content (AvgIpc) is 3.16. The second kappa shape index (κ2) is 7.22. The maximum Gasteiger partial charge on any atom is 0.300 e. The van der Waals surface area contributed by atoms with Crippen LogP contribution in [-0.2, 0) is 0 Å². The van der Waals surface area contributed by atoms with Gasteiger partial charge in [-0.1, -0.05) is 17.5 Å². The molecule has 0 saturated carbocycles. The molecule has 138 valence electrons. The summed E-state index contributed by atoms with van der Waals surface area (Å²) in [5.41, 5.74) is 2.28. The van der Waals surface area contributed by atoms with Crippen molar-refractivity contribution in [2.45, 2.75) is 0 Å². The van der Waals surface area contributed by atoms with E-state index in [0.717, 1.165) is 0 Å². The summed E-state index contributed by atoms with van der Waals surface area (Å²) in [6.45, 7) is 2.15. The molecule has 1 saturated heterocycles. The van der Waals surface area contributed by atoms with Crippen LogP contribution in [0, 0.1) is 23.7 Å². The molecule has 0 atom stereocenters. The first-order valence-electron chi connectivity index (χ1n) is 8.57. The Morgan fingerprint density at radius 2 is 1.93 bits per heavy atom. The molecular weight excluding hydrogens is 378 g/mol. The lowest BCUT2D eigenvalue weighted by Crippen LogP contribution is -2.49. The average molecular weight is 392 g/mol. The van der Waals surface area contributed by atoms with Gasteiger partial charge >= 0.3 is 0 Å². The van der Waals surface area contributed by atoms with Crippen molar-refractivity contribution in [3.05, 3.63) is 52.2 Å². The van der Waals surface area contributed by atoms with Crippen molar-refractivity contribution in [2.24, 2.45) is 0 Å². The number of nitriles is 1. The summed E-state index contributed by atoms with van der Waals surface area (Å²) < 4.78 is 5.73. The Morgan fingerprint density at radius 3 is 2.64 bits per heavy atom. The van der Waals surface area contributed by atoms with E-state index in [4.69, 9.17) is 22.4 Å². The van der Waals surface area contributed by atoms with Crippen LogP contribution in [0.1, 0.15) is 21.5 Å². The van der Waals surface area contributed by atoms with Crippen LogP contribution < -0.4 is 4.90 Å². The van der Waals surface area contributed by atoms with E-state index in [-0.39, 0.29) is 5.91 Å². The molecule has 0 radical (unpaired) electrons. The summed E-state index contributed by atoms with van der Waals surface area (Å²) in [7, 11) is 0. The first kappa shape index (κ1) is 17.8. The second-order valence-corrected chi connectivity index (χ2v) is 6.64. The smallest absolute Gasteiger partial charge is 0.300 e. The van der Waals surface area contributed by atoms with E-state index in [1.165, 1.54) is 0 Å². The van der Waals surface area contributed by atoms with Crippen molar-refractivity contribution in [2.75, 3.05) is 31.1 Å². The predicted molar refractivity (Wildman–Crippen MR) is 104 cm³/mol. The Kier molecular flexibility index (Phi) is 4.60. The number of rotatable bonds is 2. The lowest BCUT2D eigenvalue weighted by molar-refractivity contribution is 0.0745. The largest absolute Gasteiger partial charge is 0.422 e. The zero-order valence-electron chi connectivity index (χ0n) is 14.7. The third kappa shape index (κ3) is 3.24. The number of hydrogen-bond acceptors (Lipinski definition) is 6. The fourth-order valence-corrected chi connectivity index (χ4v) is 3.24. The Labute approximate surface area is 166 Å². The van der Waals surface area contributed by atoms with Gasteiger partial charge in [-0.2, -0.15) is 10.2 Å². The fraction of sp³-hybridized carbons (Fsp3) is 0.200. The number of aromatic nitrogens is 2. The van der Waals surface area contributed by atoms with Gasteiger partial charge in [0.05, 0.1) is 5.56 Å². The number of anilines is 1. The number of oxazole rings is 1. The monoisotopic (exact) mass is 391 g/mol. The van der Waals surface area contributed by atoms with Crippen LogP contribution in [-0.4, -0.2) is 47.0 Å². The first-order valence-corrected chi connectivity index (χ1v) is 8.95. The molecule has 4 rings (SSSR count). The Hall–Kier alpha value is -3.55. The Balaban J connectivity index is 1.47. The third-order valence-corrected chi connectivity index (χ3v) is 4.80. The van der Waals surface area contributed by atoms with E-state index >= 15 is 0 Å². The van der Waals surface area contributed by atoms with E-state index in [9.17, 15) is 10.1 Å². The molecule has 1 aromatic carbocycles. The Morgan fingerprint density at radius 1 is 1.14 bits per heavy atom. The number of halogens is 1. The van der Waals surface area contributed by atoms with Gasteiger partial charge in [0.2, 0.25) is 5.65 Å². The van der Waals surface area contributed by atoms with E-state index in [1.807, 2.05) is 11.0 Å². The van der Waals surface area contributed by atoms with Gasteiger partial charge in [-0.05, 0) is 30.3 Å². The molecule has 0 N–H and O–H groups in total. The molecule has 0 unspecified atom stereocenters. The molecule has 8 heteroatoms. The van der Waals surface area contributed by atoms with Crippen molar-refractivity contribution in [1.29, 1.82) is 5.26 Å².